The van der Waals surface area contributed by atoms with Crippen LogP contribution < -0.4 is 5.32 Å². The van der Waals surface area contributed by atoms with Crippen molar-refractivity contribution >= 4 is 17.3 Å². The van der Waals surface area contributed by atoms with E-state index in [9.17, 15) is 0 Å². The Labute approximate surface area is 92.4 Å². The van der Waals surface area contributed by atoms with Crippen molar-refractivity contribution in [2.45, 2.75) is 6.54 Å². The van der Waals surface area contributed by atoms with Gasteiger partial charge in [0.25, 0.3) is 0 Å². The Bertz CT molecular complexity index is 432. The first-order valence-corrected chi connectivity index (χ1v) is 4.83. The minimum Gasteiger partial charge on any atom is -0.379 e. The Balaban J connectivity index is 1.99. The van der Waals surface area contributed by atoms with Crippen LogP contribution in [-0.2, 0) is 6.54 Å². The van der Waals surface area contributed by atoms with Crippen molar-refractivity contribution in [1.29, 1.82) is 0 Å². The van der Waals surface area contributed by atoms with E-state index in [0.29, 0.717) is 11.7 Å². The average Bonchev–Trinajstić information content (AvgIpc) is 2.28. The zero-order chi connectivity index (χ0) is 10.5. The predicted molar refractivity (Wildman–Crippen MR) is 58.6 cm³/mol. The number of rotatable bonds is 3. The maximum Gasteiger partial charge on any atom is 0.131 e. The third-order valence-corrected chi connectivity index (χ3v) is 2.02. The molecule has 0 aromatic carbocycles. The van der Waals surface area contributed by atoms with Gasteiger partial charge in [-0.3, -0.25) is 9.97 Å². The molecule has 0 fully saturated rings. The van der Waals surface area contributed by atoms with Gasteiger partial charge in [-0.05, 0) is 12.1 Å². The molecule has 1 N–H and O–H groups in total. The molecule has 4 nitrogen and oxygen atoms in total. The van der Waals surface area contributed by atoms with Crippen LogP contribution in [0.3, 0.4) is 0 Å². The summed E-state index contributed by atoms with van der Waals surface area (Å²) in [6.07, 6.45) is 6.68. The summed E-state index contributed by atoms with van der Waals surface area (Å²) in [5.74, 6) is 0. The van der Waals surface area contributed by atoms with E-state index in [1.807, 2.05) is 6.07 Å². The zero-order valence-corrected chi connectivity index (χ0v) is 8.65. The van der Waals surface area contributed by atoms with Crippen molar-refractivity contribution in [2.75, 3.05) is 5.32 Å². The molecule has 0 radical (unpaired) electrons. The molecule has 0 spiro atoms. The van der Waals surface area contributed by atoms with Gasteiger partial charge in [0.1, 0.15) is 5.15 Å². The highest BCUT2D eigenvalue weighted by atomic mass is 35.5. The minimum absolute atomic E-state index is 0.471. The molecule has 2 rings (SSSR count). The van der Waals surface area contributed by atoms with E-state index in [1.165, 1.54) is 0 Å². The fourth-order valence-corrected chi connectivity index (χ4v) is 1.30. The zero-order valence-electron chi connectivity index (χ0n) is 7.89. The van der Waals surface area contributed by atoms with E-state index in [0.717, 1.165) is 11.4 Å². The van der Waals surface area contributed by atoms with Crippen LogP contribution in [0.2, 0.25) is 5.15 Å². The molecular formula is C10H9ClN4. The van der Waals surface area contributed by atoms with Crippen LogP contribution in [0.1, 0.15) is 5.69 Å². The molecule has 0 aliphatic heterocycles. The van der Waals surface area contributed by atoms with Crippen LogP contribution in [0.15, 0.2) is 36.9 Å². The second-order valence-corrected chi connectivity index (χ2v) is 3.30. The third kappa shape index (κ3) is 2.89. The van der Waals surface area contributed by atoms with Gasteiger partial charge < -0.3 is 5.32 Å². The number of nitrogens with zero attached hydrogens (tertiary/aromatic N) is 3. The Morgan fingerprint density at radius 2 is 2.13 bits per heavy atom. The second-order valence-electron chi connectivity index (χ2n) is 2.92. The first-order chi connectivity index (χ1) is 7.34. The molecule has 0 saturated carbocycles. The SMILES string of the molecule is Clc1cc(NCc2cnccn2)ccn1. The Kier molecular flexibility index (Phi) is 3.09. The fraction of sp³-hybridized carbons (Fsp3) is 0.100. The molecule has 0 bridgehead atoms. The van der Waals surface area contributed by atoms with E-state index in [2.05, 4.69) is 20.3 Å². The van der Waals surface area contributed by atoms with Gasteiger partial charge in [-0.25, -0.2) is 4.98 Å². The molecular weight excluding hydrogens is 212 g/mol. The van der Waals surface area contributed by atoms with E-state index >= 15 is 0 Å². The number of pyridine rings is 1. The Morgan fingerprint density at radius 1 is 1.20 bits per heavy atom. The lowest BCUT2D eigenvalue weighted by molar-refractivity contribution is 1.01. The predicted octanol–water partition coefficient (Wildman–Crippen LogP) is 2.14. The van der Waals surface area contributed by atoms with Crippen LogP contribution >= 0.6 is 11.6 Å². The first-order valence-electron chi connectivity index (χ1n) is 4.45. The molecule has 0 atom stereocenters. The van der Waals surface area contributed by atoms with Gasteiger partial charge in [0.15, 0.2) is 0 Å². The average molecular weight is 221 g/mol. The van der Waals surface area contributed by atoms with Crippen molar-refractivity contribution in [3.63, 3.8) is 0 Å². The Hall–Kier alpha value is -1.68. The maximum atomic E-state index is 5.75. The Morgan fingerprint density at radius 3 is 2.87 bits per heavy atom. The quantitative estimate of drug-likeness (QED) is 0.806. The lowest BCUT2D eigenvalue weighted by Crippen LogP contribution is -2.01. The van der Waals surface area contributed by atoms with E-state index in [4.69, 9.17) is 11.6 Å². The van der Waals surface area contributed by atoms with Gasteiger partial charge in [-0.1, -0.05) is 11.6 Å². The number of anilines is 1. The van der Waals surface area contributed by atoms with Gasteiger partial charge in [0.05, 0.1) is 18.4 Å². The highest BCUT2D eigenvalue weighted by Gasteiger charge is 1.95. The van der Waals surface area contributed by atoms with Crippen LogP contribution in [0.4, 0.5) is 5.69 Å². The lowest BCUT2D eigenvalue weighted by Gasteiger charge is -2.04. The van der Waals surface area contributed by atoms with Gasteiger partial charge in [0, 0.05) is 24.3 Å². The van der Waals surface area contributed by atoms with E-state index < -0.39 is 0 Å². The molecule has 0 aliphatic rings. The van der Waals surface area contributed by atoms with Crippen molar-refractivity contribution in [3.8, 4) is 0 Å². The second kappa shape index (κ2) is 4.70. The fourth-order valence-electron chi connectivity index (χ4n) is 1.13. The molecule has 2 aromatic heterocycles. The minimum atomic E-state index is 0.471. The number of nitrogens with one attached hydrogen (secondary N) is 1. The van der Waals surface area contributed by atoms with Gasteiger partial charge in [0.2, 0.25) is 0 Å². The van der Waals surface area contributed by atoms with Gasteiger partial charge in [-0.2, -0.15) is 0 Å². The van der Waals surface area contributed by atoms with E-state index in [-0.39, 0.29) is 0 Å². The van der Waals surface area contributed by atoms with Crippen LogP contribution in [-0.4, -0.2) is 15.0 Å². The van der Waals surface area contributed by atoms with Crippen LogP contribution in [0, 0.1) is 0 Å². The molecule has 2 heterocycles. The summed E-state index contributed by atoms with van der Waals surface area (Å²) < 4.78 is 0. The number of hydrogen-bond donors (Lipinski definition) is 1. The van der Waals surface area contributed by atoms with E-state index in [1.54, 1.807) is 30.9 Å². The van der Waals surface area contributed by atoms with Crippen molar-refractivity contribution in [3.05, 3.63) is 47.8 Å². The maximum absolute atomic E-state index is 5.75. The van der Waals surface area contributed by atoms with Crippen molar-refractivity contribution in [1.82, 2.24) is 15.0 Å². The summed E-state index contributed by atoms with van der Waals surface area (Å²) in [7, 11) is 0. The molecule has 76 valence electrons. The number of halogens is 1. The molecule has 5 heteroatoms. The topological polar surface area (TPSA) is 50.7 Å². The molecule has 0 aliphatic carbocycles. The largest absolute Gasteiger partial charge is 0.379 e. The summed E-state index contributed by atoms with van der Waals surface area (Å²) in [4.78, 5) is 12.0. The number of aromatic nitrogens is 3. The summed E-state index contributed by atoms with van der Waals surface area (Å²) in [5, 5.41) is 3.65. The lowest BCUT2D eigenvalue weighted by atomic mass is 10.4. The van der Waals surface area contributed by atoms with Crippen molar-refractivity contribution < 1.29 is 0 Å². The van der Waals surface area contributed by atoms with Crippen LogP contribution in [0.5, 0.6) is 0 Å². The summed E-state index contributed by atoms with van der Waals surface area (Å²) in [6, 6.07) is 3.61. The molecule has 15 heavy (non-hydrogen) atoms. The standard InChI is InChI=1S/C10H9ClN4/c11-10-5-8(1-2-14-10)15-7-9-6-12-3-4-13-9/h1-6H,7H2,(H,14,15). The highest BCUT2D eigenvalue weighted by Crippen LogP contribution is 2.12. The van der Waals surface area contributed by atoms with Crippen LogP contribution in [0.25, 0.3) is 0 Å². The summed E-state index contributed by atoms with van der Waals surface area (Å²) in [5.41, 5.74) is 1.80. The van der Waals surface area contributed by atoms with Crippen molar-refractivity contribution in [2.24, 2.45) is 0 Å². The molecule has 2 aromatic rings. The first kappa shape index (κ1) is 9.86. The normalized spacial score (nSPS) is 9.93. The summed E-state index contributed by atoms with van der Waals surface area (Å²) >= 11 is 5.75. The third-order valence-electron chi connectivity index (χ3n) is 1.82. The number of hydrogen-bond acceptors (Lipinski definition) is 4. The molecule has 0 saturated heterocycles. The highest BCUT2D eigenvalue weighted by molar-refractivity contribution is 6.29. The smallest absolute Gasteiger partial charge is 0.131 e. The van der Waals surface area contributed by atoms with Gasteiger partial charge in [-0.15, -0.1) is 0 Å². The molecule has 0 amide bonds. The van der Waals surface area contributed by atoms with Gasteiger partial charge >= 0.3 is 0 Å². The monoisotopic (exact) mass is 220 g/mol. The molecule has 0 unspecified atom stereocenters. The summed E-state index contributed by atoms with van der Waals surface area (Å²) in [6.45, 7) is 0.619.